The molecular weight excluding hydrogens is 316 g/mol. The van der Waals surface area contributed by atoms with Gasteiger partial charge in [-0.15, -0.1) is 11.8 Å². The van der Waals surface area contributed by atoms with Crippen LogP contribution in [0, 0.1) is 0 Å². The van der Waals surface area contributed by atoms with Crippen LogP contribution in [0.5, 0.6) is 0 Å². The summed E-state index contributed by atoms with van der Waals surface area (Å²) in [7, 11) is 1.81. The molecular formula is C10H14N6O3S2. The quantitative estimate of drug-likeness (QED) is 0.433. The second-order valence-corrected chi connectivity index (χ2v) is 6.66. The number of hydrogen-bond acceptors (Lipinski definition) is 9. The topological polar surface area (TPSA) is 114 Å². The molecule has 0 aromatic carbocycles. The molecule has 11 heteroatoms. The number of nitrogens with zero attached hydrogens (tertiary/aromatic N) is 4. The van der Waals surface area contributed by atoms with E-state index in [-0.39, 0.29) is 17.0 Å². The van der Waals surface area contributed by atoms with Gasteiger partial charge in [-0.3, -0.25) is 14.7 Å². The van der Waals surface area contributed by atoms with E-state index in [0.29, 0.717) is 17.1 Å². The smallest absolute Gasteiger partial charge is 0.352 e. The Morgan fingerprint density at radius 3 is 3.10 bits per heavy atom. The Hall–Kier alpha value is -1.43. The van der Waals surface area contributed by atoms with Gasteiger partial charge in [0.1, 0.15) is 23.5 Å². The molecule has 1 amide bonds. The van der Waals surface area contributed by atoms with Crippen LogP contribution >= 0.6 is 23.7 Å². The van der Waals surface area contributed by atoms with Gasteiger partial charge in [-0.2, -0.15) is 5.10 Å². The third-order valence-corrected chi connectivity index (χ3v) is 5.73. The van der Waals surface area contributed by atoms with E-state index in [1.165, 1.54) is 28.6 Å². The predicted molar refractivity (Wildman–Crippen MR) is 79.4 cm³/mol. The number of hydrazine groups is 2. The first-order valence-electron chi connectivity index (χ1n) is 6.11. The van der Waals surface area contributed by atoms with Crippen LogP contribution in [0.15, 0.2) is 16.4 Å². The Balaban J connectivity index is 1.75. The molecule has 9 nitrogen and oxygen atoms in total. The fourth-order valence-electron chi connectivity index (χ4n) is 2.23. The molecule has 0 aromatic rings. The highest BCUT2D eigenvalue weighted by Gasteiger charge is 2.51. The lowest BCUT2D eigenvalue weighted by Crippen LogP contribution is -2.68. The van der Waals surface area contributed by atoms with Crippen molar-refractivity contribution in [2.45, 2.75) is 11.4 Å². The van der Waals surface area contributed by atoms with Gasteiger partial charge in [0.25, 0.3) is 0 Å². The molecule has 3 aliphatic rings. The van der Waals surface area contributed by atoms with E-state index in [2.05, 4.69) is 10.6 Å². The van der Waals surface area contributed by atoms with Crippen LogP contribution in [-0.4, -0.2) is 67.7 Å². The molecule has 0 spiro atoms. The number of hydrazone groups is 1. The van der Waals surface area contributed by atoms with Gasteiger partial charge in [0.05, 0.1) is 0 Å². The summed E-state index contributed by atoms with van der Waals surface area (Å²) in [6.45, 7) is 0. The lowest BCUT2D eigenvalue weighted by atomic mass is 10.0. The number of carbonyl (C=O) groups excluding carboxylic acids is 1. The number of carboxylic acids is 1. The number of carbonyl (C=O) groups is 2. The summed E-state index contributed by atoms with van der Waals surface area (Å²) < 4.78 is 1.67. The molecule has 3 aliphatic heterocycles. The zero-order chi connectivity index (χ0) is 15.1. The van der Waals surface area contributed by atoms with E-state index in [4.69, 9.17) is 5.73 Å². The molecule has 1 fully saturated rings. The third kappa shape index (κ3) is 2.35. The van der Waals surface area contributed by atoms with E-state index in [9.17, 15) is 14.7 Å². The van der Waals surface area contributed by atoms with Crippen molar-refractivity contribution in [3.05, 3.63) is 11.3 Å². The highest BCUT2D eigenvalue weighted by atomic mass is 32.2. The number of aliphatic carboxylic acids is 1. The third-order valence-electron chi connectivity index (χ3n) is 3.31. The molecule has 1 saturated heterocycles. The molecule has 0 aliphatic carbocycles. The summed E-state index contributed by atoms with van der Waals surface area (Å²) >= 11 is 2.87. The van der Waals surface area contributed by atoms with Crippen molar-refractivity contribution < 1.29 is 14.7 Å². The maximum atomic E-state index is 11.8. The zero-order valence-corrected chi connectivity index (χ0v) is 12.7. The van der Waals surface area contributed by atoms with Crippen LogP contribution in [0.1, 0.15) is 0 Å². The molecule has 4 N–H and O–H groups in total. The Bertz CT molecular complexity index is 553. The van der Waals surface area contributed by atoms with E-state index < -0.39 is 12.0 Å². The van der Waals surface area contributed by atoms with Crippen LogP contribution in [0.3, 0.4) is 0 Å². The Kier molecular flexibility index (Phi) is 3.73. The van der Waals surface area contributed by atoms with Gasteiger partial charge in [0, 0.05) is 18.6 Å². The van der Waals surface area contributed by atoms with Crippen LogP contribution < -0.4 is 11.3 Å². The fraction of sp³-hybridized carbons (Fsp3) is 0.500. The first-order valence-corrected chi connectivity index (χ1v) is 8.10. The van der Waals surface area contributed by atoms with Gasteiger partial charge in [-0.25, -0.2) is 10.3 Å². The second kappa shape index (κ2) is 5.40. The zero-order valence-electron chi connectivity index (χ0n) is 11.1. The van der Waals surface area contributed by atoms with Gasteiger partial charge in [0.2, 0.25) is 5.91 Å². The van der Waals surface area contributed by atoms with Crippen molar-refractivity contribution in [1.29, 1.82) is 0 Å². The number of nitrogens with two attached hydrogens (primary N) is 1. The molecule has 114 valence electrons. The SMILES string of the molecule is CN1C=NNN1SCC1=C(C(=O)O)N2C(=O)C(N)[C@H]2SC1. The van der Waals surface area contributed by atoms with Crippen LogP contribution in [0.4, 0.5) is 0 Å². The molecule has 0 aromatic heterocycles. The molecule has 0 saturated carbocycles. The predicted octanol–water partition coefficient (Wildman–Crippen LogP) is -1.17. The summed E-state index contributed by atoms with van der Waals surface area (Å²) in [6.07, 6.45) is 1.60. The summed E-state index contributed by atoms with van der Waals surface area (Å²) in [5.74, 6) is -0.419. The van der Waals surface area contributed by atoms with E-state index >= 15 is 0 Å². The molecule has 2 atom stereocenters. The Morgan fingerprint density at radius 2 is 2.48 bits per heavy atom. The van der Waals surface area contributed by atoms with Gasteiger partial charge >= 0.3 is 5.97 Å². The Morgan fingerprint density at radius 1 is 1.71 bits per heavy atom. The number of rotatable bonds is 4. The van der Waals surface area contributed by atoms with Crippen molar-refractivity contribution in [2.24, 2.45) is 10.8 Å². The fourth-order valence-corrected chi connectivity index (χ4v) is 4.49. The lowest BCUT2D eigenvalue weighted by Gasteiger charge is -2.48. The van der Waals surface area contributed by atoms with Crippen LogP contribution in [0.2, 0.25) is 0 Å². The van der Waals surface area contributed by atoms with E-state index in [1.54, 1.807) is 15.9 Å². The van der Waals surface area contributed by atoms with Gasteiger partial charge in [0.15, 0.2) is 0 Å². The van der Waals surface area contributed by atoms with Crippen molar-refractivity contribution in [2.75, 3.05) is 18.6 Å². The molecule has 3 heterocycles. The number of amides is 1. The number of nitrogens with one attached hydrogen (secondary N) is 1. The van der Waals surface area contributed by atoms with Crippen LogP contribution in [-0.2, 0) is 9.59 Å². The highest BCUT2D eigenvalue weighted by molar-refractivity contribution is 8.00. The number of carboxylic acid groups (broad SMARTS) is 1. The maximum Gasteiger partial charge on any atom is 0.352 e. The maximum absolute atomic E-state index is 11.8. The highest BCUT2D eigenvalue weighted by Crippen LogP contribution is 2.40. The van der Waals surface area contributed by atoms with Crippen molar-refractivity contribution in [1.82, 2.24) is 20.0 Å². The average Bonchev–Trinajstić information content (AvgIpc) is 2.88. The number of thioether (sulfide) groups is 1. The first kappa shape index (κ1) is 14.5. The van der Waals surface area contributed by atoms with Crippen molar-refractivity contribution in [3.63, 3.8) is 0 Å². The molecule has 0 bridgehead atoms. The summed E-state index contributed by atoms with van der Waals surface area (Å²) in [5, 5.41) is 14.7. The summed E-state index contributed by atoms with van der Waals surface area (Å²) in [6, 6.07) is -0.599. The summed E-state index contributed by atoms with van der Waals surface area (Å²) in [5.41, 5.74) is 9.23. The minimum atomic E-state index is -1.09. The lowest BCUT2D eigenvalue weighted by molar-refractivity contribution is -0.147. The molecule has 21 heavy (non-hydrogen) atoms. The van der Waals surface area contributed by atoms with Crippen molar-refractivity contribution >= 4 is 41.9 Å². The van der Waals surface area contributed by atoms with Crippen molar-refractivity contribution in [3.8, 4) is 0 Å². The molecule has 0 radical (unpaired) electrons. The average molecular weight is 330 g/mol. The minimum absolute atomic E-state index is 0.0701. The van der Waals surface area contributed by atoms with E-state index in [1.807, 2.05) is 7.05 Å². The minimum Gasteiger partial charge on any atom is -0.477 e. The number of fused-ring (bicyclic) bond motifs is 1. The standard InChI is InChI=1S/C10H14N6O3S2/c1-14-4-12-13-16(14)21-3-5-2-20-9-6(11)8(17)15(9)7(5)10(18)19/h4,6,9,13H,2-3,11H2,1H3,(H,18,19)/t6?,9-/m1/s1. The normalized spacial score (nSPS) is 28.6. The van der Waals surface area contributed by atoms with Gasteiger partial charge in [-0.05, 0) is 17.5 Å². The molecule has 3 rings (SSSR count). The number of β-lactam (4-membered cyclic amide) rings is 1. The van der Waals surface area contributed by atoms with E-state index in [0.717, 1.165) is 0 Å². The van der Waals surface area contributed by atoms with Crippen LogP contribution in [0.25, 0.3) is 0 Å². The monoisotopic (exact) mass is 330 g/mol. The van der Waals surface area contributed by atoms with Gasteiger partial charge < -0.3 is 10.8 Å². The largest absolute Gasteiger partial charge is 0.477 e. The molecule has 1 unspecified atom stereocenters. The Labute approximate surface area is 129 Å². The summed E-state index contributed by atoms with van der Waals surface area (Å²) in [4.78, 5) is 24.6. The second-order valence-electron chi connectivity index (χ2n) is 4.66. The number of hydrogen-bond donors (Lipinski definition) is 3. The van der Waals surface area contributed by atoms with Gasteiger partial charge in [-0.1, -0.05) is 4.52 Å². The first-order chi connectivity index (χ1) is 10.0.